The molecule has 1 aliphatic heterocycles. The van der Waals surface area contributed by atoms with Crippen LogP contribution in [-0.4, -0.2) is 34.4 Å². The molecule has 2 heterocycles. The summed E-state index contributed by atoms with van der Waals surface area (Å²) in [4.78, 5) is 15.8. The van der Waals surface area contributed by atoms with Crippen LogP contribution >= 0.6 is 0 Å². The highest BCUT2D eigenvalue weighted by Gasteiger charge is 2.66. The van der Waals surface area contributed by atoms with Crippen LogP contribution in [0.1, 0.15) is 18.1 Å². The number of carbonyl (C=O) groups is 1. The van der Waals surface area contributed by atoms with Gasteiger partial charge in [0, 0.05) is 36.2 Å². The Bertz CT molecular complexity index is 941. The molecule has 1 unspecified atom stereocenters. The van der Waals surface area contributed by atoms with Crippen molar-refractivity contribution in [3.63, 3.8) is 0 Å². The Morgan fingerprint density at radius 1 is 1.21 bits per heavy atom. The lowest BCUT2D eigenvalue weighted by atomic mass is 9.85. The Hall–Kier alpha value is -3.29. The minimum atomic E-state index is -5.13. The minimum absolute atomic E-state index is 0.0875. The molecule has 1 aromatic carbocycles. The van der Waals surface area contributed by atoms with Crippen LogP contribution in [0, 0.1) is 0 Å². The van der Waals surface area contributed by atoms with Gasteiger partial charge in [-0.05, 0) is 24.1 Å². The largest absolute Gasteiger partial charge is 0.494 e. The summed E-state index contributed by atoms with van der Waals surface area (Å²) in [6, 6.07) is 12.4. The van der Waals surface area contributed by atoms with Crippen LogP contribution in [0.25, 0.3) is 5.57 Å². The van der Waals surface area contributed by atoms with Gasteiger partial charge < -0.3 is 15.2 Å². The molecule has 0 saturated heterocycles. The second-order valence-electron chi connectivity index (χ2n) is 6.54. The van der Waals surface area contributed by atoms with Crippen LogP contribution < -0.4 is 5.32 Å². The molecule has 1 aromatic heterocycles. The first-order chi connectivity index (χ1) is 13.8. The van der Waals surface area contributed by atoms with Gasteiger partial charge in [0.15, 0.2) is 0 Å². The van der Waals surface area contributed by atoms with Crippen molar-refractivity contribution in [2.75, 3.05) is 6.61 Å². The number of hydrogen-bond acceptors (Lipinski definition) is 4. The van der Waals surface area contributed by atoms with Gasteiger partial charge in [-0.15, -0.1) is 0 Å². The third-order valence-electron chi connectivity index (χ3n) is 4.72. The van der Waals surface area contributed by atoms with Gasteiger partial charge in [0.05, 0.1) is 6.61 Å². The first-order valence-corrected chi connectivity index (χ1v) is 8.84. The van der Waals surface area contributed by atoms with E-state index >= 15 is 0 Å². The highest BCUT2D eigenvalue weighted by molar-refractivity contribution is 5.90. The Labute approximate surface area is 165 Å². The van der Waals surface area contributed by atoms with E-state index in [1.54, 1.807) is 12.1 Å². The quantitative estimate of drug-likeness (QED) is 0.763. The molecule has 3 rings (SSSR count). The number of nitrogens with one attached hydrogen (secondary N) is 1. The molecule has 152 valence electrons. The topological polar surface area (TPSA) is 71.5 Å². The van der Waals surface area contributed by atoms with Crippen LogP contribution in [0.2, 0.25) is 0 Å². The summed E-state index contributed by atoms with van der Waals surface area (Å²) in [5.41, 5.74) is -1.48. The van der Waals surface area contributed by atoms with Crippen LogP contribution in [-0.2, 0) is 16.0 Å². The monoisotopic (exact) mass is 404 g/mol. The molecule has 0 radical (unpaired) electrons. The smallest absolute Gasteiger partial charge is 0.429 e. The average molecular weight is 404 g/mol. The highest BCUT2D eigenvalue weighted by atomic mass is 19.4. The molecule has 0 aliphatic carbocycles. The first kappa shape index (κ1) is 20.4. The van der Waals surface area contributed by atoms with Gasteiger partial charge in [0.25, 0.3) is 5.54 Å². The highest BCUT2D eigenvalue weighted by Crippen LogP contribution is 2.43. The number of dihydropyridines is 1. The SMILES string of the molecule is CC1=C(OCCc2ccccc2)C(C(=O)O)(C(F)(F)F)NC=C1c1cccnc1. The summed E-state index contributed by atoms with van der Waals surface area (Å²) in [6.45, 7) is 1.31. The predicted octanol–water partition coefficient (Wildman–Crippen LogP) is 3.94. The molecular formula is C21H19F3N2O3. The summed E-state index contributed by atoms with van der Waals surface area (Å²) < 4.78 is 47.4. The van der Waals surface area contributed by atoms with E-state index in [1.807, 2.05) is 30.3 Å². The van der Waals surface area contributed by atoms with E-state index in [-0.39, 0.29) is 12.2 Å². The van der Waals surface area contributed by atoms with Gasteiger partial charge in [-0.25, -0.2) is 4.79 Å². The van der Waals surface area contributed by atoms with Crippen molar-refractivity contribution in [3.05, 3.63) is 83.5 Å². The second-order valence-corrected chi connectivity index (χ2v) is 6.54. The third-order valence-corrected chi connectivity index (χ3v) is 4.72. The number of carboxylic acids is 1. The molecule has 2 N–H and O–H groups in total. The molecule has 29 heavy (non-hydrogen) atoms. The lowest BCUT2D eigenvalue weighted by molar-refractivity contribution is -0.206. The van der Waals surface area contributed by atoms with Crippen LogP contribution in [0.15, 0.2) is 72.4 Å². The van der Waals surface area contributed by atoms with Gasteiger partial charge in [-0.2, -0.15) is 13.2 Å². The van der Waals surface area contributed by atoms with Crippen molar-refractivity contribution >= 4 is 11.5 Å². The van der Waals surface area contributed by atoms with Crippen molar-refractivity contribution in [3.8, 4) is 0 Å². The molecule has 1 aliphatic rings. The maximum absolute atomic E-state index is 14.0. The summed E-state index contributed by atoms with van der Waals surface area (Å²) in [5, 5.41) is 11.6. The summed E-state index contributed by atoms with van der Waals surface area (Å²) in [7, 11) is 0. The average Bonchev–Trinajstić information content (AvgIpc) is 2.69. The van der Waals surface area contributed by atoms with E-state index in [1.165, 1.54) is 19.3 Å². The fourth-order valence-corrected chi connectivity index (χ4v) is 3.20. The van der Waals surface area contributed by atoms with Crippen molar-refractivity contribution in [1.29, 1.82) is 0 Å². The number of aromatic nitrogens is 1. The van der Waals surface area contributed by atoms with Crippen LogP contribution in [0.5, 0.6) is 0 Å². The van der Waals surface area contributed by atoms with Crippen molar-refractivity contribution in [1.82, 2.24) is 10.3 Å². The number of allylic oxidation sites excluding steroid dienone is 2. The van der Waals surface area contributed by atoms with E-state index in [9.17, 15) is 23.1 Å². The lowest BCUT2D eigenvalue weighted by Gasteiger charge is -2.38. The number of aliphatic carboxylic acids is 1. The number of carboxylic acid groups (broad SMARTS) is 1. The maximum Gasteiger partial charge on any atom is 0.429 e. The summed E-state index contributed by atoms with van der Waals surface area (Å²) >= 11 is 0. The van der Waals surface area contributed by atoms with Crippen LogP contribution in [0.3, 0.4) is 0 Å². The van der Waals surface area contributed by atoms with Gasteiger partial charge >= 0.3 is 12.1 Å². The first-order valence-electron chi connectivity index (χ1n) is 8.84. The Morgan fingerprint density at radius 2 is 1.93 bits per heavy atom. The number of pyridine rings is 1. The van der Waals surface area contributed by atoms with Crippen molar-refractivity contribution in [2.24, 2.45) is 0 Å². The Morgan fingerprint density at radius 3 is 2.52 bits per heavy atom. The lowest BCUT2D eigenvalue weighted by Crippen LogP contribution is -2.64. The molecule has 1 atom stereocenters. The zero-order chi connectivity index (χ0) is 21.1. The van der Waals surface area contributed by atoms with Gasteiger partial charge in [-0.1, -0.05) is 36.4 Å². The number of benzene rings is 1. The van der Waals surface area contributed by atoms with Crippen molar-refractivity contribution < 1.29 is 27.8 Å². The number of alkyl halides is 3. The summed E-state index contributed by atoms with van der Waals surface area (Å²) in [6.07, 6.45) is -0.720. The van der Waals surface area contributed by atoms with E-state index in [0.29, 0.717) is 17.6 Å². The Balaban J connectivity index is 2.00. The minimum Gasteiger partial charge on any atom is -0.494 e. The molecule has 0 amide bonds. The third kappa shape index (κ3) is 3.83. The number of rotatable bonds is 6. The fourth-order valence-electron chi connectivity index (χ4n) is 3.20. The Kier molecular flexibility index (Phi) is 5.63. The van der Waals surface area contributed by atoms with E-state index in [2.05, 4.69) is 10.3 Å². The number of hydrogen-bond donors (Lipinski definition) is 2. The van der Waals surface area contributed by atoms with Gasteiger partial charge in [-0.3, -0.25) is 4.98 Å². The predicted molar refractivity (Wildman–Crippen MR) is 101 cm³/mol. The fraction of sp³-hybridized carbons (Fsp3) is 0.238. The van der Waals surface area contributed by atoms with E-state index in [4.69, 9.17) is 4.74 Å². The second kappa shape index (κ2) is 7.98. The van der Waals surface area contributed by atoms with Gasteiger partial charge in [0.1, 0.15) is 5.76 Å². The number of halogens is 3. The zero-order valence-corrected chi connectivity index (χ0v) is 15.5. The molecule has 5 nitrogen and oxygen atoms in total. The van der Waals surface area contributed by atoms with Crippen LogP contribution in [0.4, 0.5) is 13.2 Å². The molecule has 0 bridgehead atoms. The molecule has 0 saturated carbocycles. The molecule has 8 heteroatoms. The zero-order valence-electron chi connectivity index (χ0n) is 15.5. The molecule has 0 spiro atoms. The number of ether oxygens (including phenoxy) is 1. The molecule has 0 fully saturated rings. The molecular weight excluding hydrogens is 385 g/mol. The normalized spacial score (nSPS) is 19.4. The van der Waals surface area contributed by atoms with E-state index in [0.717, 1.165) is 11.8 Å². The molecule has 2 aromatic rings. The summed E-state index contributed by atoms with van der Waals surface area (Å²) in [5.74, 6) is -2.75. The number of nitrogens with zero attached hydrogens (tertiary/aromatic N) is 1. The van der Waals surface area contributed by atoms with Gasteiger partial charge in [0.2, 0.25) is 0 Å². The van der Waals surface area contributed by atoms with E-state index < -0.39 is 23.4 Å². The standard InChI is InChI=1S/C21H19F3N2O3/c1-14-17(16-8-5-10-25-12-16)13-26-20(19(27)28,21(22,23)24)18(14)29-11-9-15-6-3-2-4-7-15/h2-8,10,12-13,26H,9,11H2,1H3,(H,27,28). The maximum atomic E-state index is 14.0. The van der Waals surface area contributed by atoms with Crippen molar-refractivity contribution in [2.45, 2.75) is 25.1 Å².